The van der Waals surface area contributed by atoms with E-state index in [2.05, 4.69) is 15.3 Å². The summed E-state index contributed by atoms with van der Waals surface area (Å²) in [5.41, 5.74) is 7.88. The molecule has 178 valence electrons. The van der Waals surface area contributed by atoms with Crippen molar-refractivity contribution in [1.82, 2.24) is 15.3 Å². The maximum absolute atomic E-state index is 15.0. The minimum atomic E-state index is -0.752. The molecule has 1 heterocycles. The predicted molar refractivity (Wildman–Crippen MR) is 128 cm³/mol. The summed E-state index contributed by atoms with van der Waals surface area (Å²) in [6.07, 6.45) is 4.40. The molecule has 9 heteroatoms. The first-order chi connectivity index (χ1) is 16.4. The molecule has 3 atom stereocenters. The first-order valence-corrected chi connectivity index (χ1v) is 11.5. The van der Waals surface area contributed by atoms with E-state index in [0.29, 0.717) is 34.0 Å². The Balaban J connectivity index is 1.56. The van der Waals surface area contributed by atoms with E-state index in [4.69, 9.17) is 17.3 Å². The number of hydrogen-bond acceptors (Lipinski definition) is 6. The van der Waals surface area contributed by atoms with Gasteiger partial charge in [0.05, 0.1) is 36.2 Å². The highest BCUT2D eigenvalue weighted by atomic mass is 35.5. The second-order valence-corrected chi connectivity index (χ2v) is 8.94. The number of anilines is 1. The van der Waals surface area contributed by atoms with Gasteiger partial charge in [0.2, 0.25) is 0 Å². The molecule has 7 nitrogen and oxygen atoms in total. The Morgan fingerprint density at radius 1 is 1.26 bits per heavy atom. The van der Waals surface area contributed by atoms with Gasteiger partial charge in [0, 0.05) is 16.5 Å². The minimum absolute atomic E-state index is 0.0624. The van der Waals surface area contributed by atoms with Gasteiger partial charge >= 0.3 is 0 Å². The van der Waals surface area contributed by atoms with Crippen molar-refractivity contribution in [2.45, 2.75) is 43.7 Å². The number of aliphatic hydroxyl groups excluding tert-OH is 2. The number of nitrogens with zero attached hydrogens (tertiary/aromatic N) is 2. The maximum Gasteiger partial charge on any atom is 0.254 e. The summed E-state index contributed by atoms with van der Waals surface area (Å²) in [6.45, 7) is -0.374. The fourth-order valence-corrected chi connectivity index (χ4v) is 4.49. The highest BCUT2D eigenvalue weighted by Crippen LogP contribution is 2.34. The van der Waals surface area contributed by atoms with Crippen LogP contribution in [0.3, 0.4) is 0 Å². The molecule has 0 bridgehead atoms. The van der Waals surface area contributed by atoms with Gasteiger partial charge in [0.25, 0.3) is 5.91 Å². The second-order valence-electron chi connectivity index (χ2n) is 8.50. The highest BCUT2D eigenvalue weighted by Gasteiger charge is 2.24. The van der Waals surface area contributed by atoms with E-state index in [-0.39, 0.29) is 30.0 Å². The van der Waals surface area contributed by atoms with Crippen molar-refractivity contribution in [3.8, 4) is 11.3 Å². The number of halogens is 2. The van der Waals surface area contributed by atoms with Crippen molar-refractivity contribution in [2.75, 3.05) is 12.3 Å². The number of nitrogens with two attached hydrogens (primary N) is 1. The number of hydrogen-bond donors (Lipinski definition) is 4. The molecule has 0 saturated heterocycles. The van der Waals surface area contributed by atoms with Gasteiger partial charge in [0.1, 0.15) is 17.3 Å². The number of nitrogens with one attached hydrogen (secondary N) is 1. The van der Waals surface area contributed by atoms with E-state index in [0.717, 1.165) is 19.3 Å². The van der Waals surface area contributed by atoms with Crippen molar-refractivity contribution in [1.29, 1.82) is 0 Å². The Morgan fingerprint density at radius 3 is 2.79 bits per heavy atom. The van der Waals surface area contributed by atoms with E-state index in [1.54, 1.807) is 36.5 Å². The van der Waals surface area contributed by atoms with E-state index in [1.165, 1.54) is 12.1 Å². The summed E-state index contributed by atoms with van der Waals surface area (Å²) in [5, 5.41) is 22.8. The lowest BCUT2D eigenvalue weighted by Crippen LogP contribution is -2.31. The Hall–Kier alpha value is -3.07. The smallest absolute Gasteiger partial charge is 0.254 e. The third kappa shape index (κ3) is 5.35. The summed E-state index contributed by atoms with van der Waals surface area (Å²) in [6, 6.07) is 10.1. The number of amides is 1. The Morgan fingerprint density at radius 2 is 2.09 bits per heavy atom. The van der Waals surface area contributed by atoms with Crippen LogP contribution in [0.5, 0.6) is 0 Å². The third-order valence-corrected chi connectivity index (χ3v) is 6.35. The first kappa shape index (κ1) is 24.1. The molecule has 0 unspecified atom stereocenters. The molecule has 0 spiro atoms. The fraction of sp³-hybridized carbons (Fsp3) is 0.320. The summed E-state index contributed by atoms with van der Waals surface area (Å²) >= 11 is 5.99. The Bertz CT molecular complexity index is 1190. The zero-order valence-electron chi connectivity index (χ0n) is 18.4. The SMILES string of the molecule is Nc1ncc([C@@H]2CCC[C@H](O)C2)nc1-c1ccc(C(=O)N[C@H](CO)c2cccc(Cl)c2)c(F)c1. The molecule has 1 fully saturated rings. The van der Waals surface area contributed by atoms with Crippen LogP contribution in [0.15, 0.2) is 48.7 Å². The molecule has 1 aliphatic rings. The van der Waals surface area contributed by atoms with E-state index in [1.807, 2.05) is 0 Å². The lowest BCUT2D eigenvalue weighted by atomic mass is 9.85. The number of aliphatic hydroxyl groups is 2. The van der Waals surface area contributed by atoms with Crippen molar-refractivity contribution in [3.63, 3.8) is 0 Å². The maximum atomic E-state index is 15.0. The second kappa shape index (κ2) is 10.5. The molecule has 4 rings (SSSR count). The monoisotopic (exact) mass is 484 g/mol. The molecule has 1 saturated carbocycles. The molecule has 2 aromatic carbocycles. The zero-order chi connectivity index (χ0) is 24.2. The number of aromatic nitrogens is 2. The van der Waals surface area contributed by atoms with Crippen LogP contribution in [0.1, 0.15) is 59.3 Å². The molecule has 34 heavy (non-hydrogen) atoms. The van der Waals surface area contributed by atoms with Crippen LogP contribution >= 0.6 is 11.6 Å². The molecule has 0 radical (unpaired) electrons. The van der Waals surface area contributed by atoms with E-state index < -0.39 is 17.8 Å². The summed E-state index contributed by atoms with van der Waals surface area (Å²) in [7, 11) is 0. The molecule has 0 aliphatic heterocycles. The first-order valence-electron chi connectivity index (χ1n) is 11.1. The van der Waals surface area contributed by atoms with E-state index in [9.17, 15) is 19.4 Å². The van der Waals surface area contributed by atoms with Gasteiger partial charge in [0.15, 0.2) is 0 Å². The topological polar surface area (TPSA) is 121 Å². The molecule has 1 aliphatic carbocycles. The van der Waals surface area contributed by atoms with Gasteiger partial charge in [-0.05, 0) is 49.1 Å². The average molecular weight is 485 g/mol. The number of benzene rings is 2. The number of rotatable bonds is 6. The van der Waals surface area contributed by atoms with Crippen LogP contribution in [0.2, 0.25) is 5.02 Å². The van der Waals surface area contributed by atoms with Crippen LogP contribution in [-0.4, -0.2) is 38.8 Å². The molecule has 1 aromatic heterocycles. The normalized spacial score (nSPS) is 18.9. The quantitative estimate of drug-likeness (QED) is 0.419. The number of carbonyl (C=O) groups is 1. The molecular formula is C25H26ClFN4O3. The van der Waals surface area contributed by atoms with Crippen molar-refractivity contribution < 1.29 is 19.4 Å². The number of nitrogen functional groups attached to an aromatic ring is 1. The van der Waals surface area contributed by atoms with E-state index >= 15 is 0 Å². The van der Waals surface area contributed by atoms with Gasteiger partial charge < -0.3 is 21.3 Å². The lowest BCUT2D eigenvalue weighted by molar-refractivity contribution is 0.0912. The highest BCUT2D eigenvalue weighted by molar-refractivity contribution is 6.30. The standard InChI is InChI=1S/C25H26ClFN4O3/c26-17-5-1-3-14(9-17)22(13-32)31-25(34)19-8-7-16(11-20(19)27)23-24(28)29-12-21(30-23)15-4-2-6-18(33)10-15/h1,3,5,7-9,11-12,15,18,22,32-33H,2,4,6,10,13H2,(H2,28,29)(H,31,34)/t15-,18+,22-/m1/s1. The number of carbonyl (C=O) groups excluding carboxylic acids is 1. The zero-order valence-corrected chi connectivity index (χ0v) is 19.2. The van der Waals surface area contributed by atoms with Crippen LogP contribution < -0.4 is 11.1 Å². The molecule has 5 N–H and O–H groups in total. The van der Waals surface area contributed by atoms with Crippen LogP contribution in [0, 0.1) is 5.82 Å². The Labute approximate surface area is 201 Å². The summed E-state index contributed by atoms with van der Waals surface area (Å²) in [4.78, 5) is 21.6. The molecular weight excluding hydrogens is 459 g/mol. The Kier molecular flexibility index (Phi) is 7.41. The minimum Gasteiger partial charge on any atom is -0.394 e. The van der Waals surface area contributed by atoms with Crippen molar-refractivity contribution in [3.05, 3.63) is 76.3 Å². The van der Waals surface area contributed by atoms with Crippen molar-refractivity contribution >= 4 is 23.3 Å². The van der Waals surface area contributed by atoms with Crippen LogP contribution in [0.4, 0.5) is 10.2 Å². The molecule has 1 amide bonds. The average Bonchev–Trinajstić information content (AvgIpc) is 2.82. The van der Waals surface area contributed by atoms with Crippen molar-refractivity contribution in [2.24, 2.45) is 0 Å². The summed E-state index contributed by atoms with van der Waals surface area (Å²) in [5.74, 6) is -1.21. The molecule has 3 aromatic rings. The van der Waals surface area contributed by atoms with Crippen LogP contribution in [-0.2, 0) is 0 Å². The van der Waals surface area contributed by atoms with Gasteiger partial charge in [-0.1, -0.05) is 36.2 Å². The largest absolute Gasteiger partial charge is 0.394 e. The van der Waals surface area contributed by atoms with Crippen LogP contribution in [0.25, 0.3) is 11.3 Å². The van der Waals surface area contributed by atoms with Gasteiger partial charge in [-0.25, -0.2) is 14.4 Å². The van der Waals surface area contributed by atoms with Gasteiger partial charge in [-0.2, -0.15) is 0 Å². The van der Waals surface area contributed by atoms with Gasteiger partial charge in [-0.15, -0.1) is 0 Å². The lowest BCUT2D eigenvalue weighted by Gasteiger charge is -2.25. The van der Waals surface area contributed by atoms with Gasteiger partial charge in [-0.3, -0.25) is 4.79 Å². The predicted octanol–water partition coefficient (Wildman–Crippen LogP) is 4.00. The third-order valence-electron chi connectivity index (χ3n) is 6.11. The summed E-state index contributed by atoms with van der Waals surface area (Å²) < 4.78 is 15.0. The fourth-order valence-electron chi connectivity index (χ4n) is 4.29.